The summed E-state index contributed by atoms with van der Waals surface area (Å²) in [6, 6.07) is 1.95. The van der Waals surface area contributed by atoms with Gasteiger partial charge in [-0.1, -0.05) is 6.08 Å². The molecule has 1 fully saturated rings. The van der Waals surface area contributed by atoms with Crippen molar-refractivity contribution >= 4 is 29.6 Å². The van der Waals surface area contributed by atoms with Gasteiger partial charge >= 0.3 is 0 Å². The van der Waals surface area contributed by atoms with Crippen LogP contribution in [-0.2, 0) is 20.8 Å². The van der Waals surface area contributed by atoms with Gasteiger partial charge in [-0.25, -0.2) is 4.98 Å². The highest BCUT2D eigenvalue weighted by Crippen LogP contribution is 2.36. The van der Waals surface area contributed by atoms with Crippen molar-refractivity contribution in [3.8, 4) is 0 Å². The molecule has 0 saturated carbocycles. The van der Waals surface area contributed by atoms with Crippen LogP contribution >= 0.6 is 0 Å². The molecular formula is C19H20N4O3. The van der Waals surface area contributed by atoms with Gasteiger partial charge in [-0.15, -0.1) is 0 Å². The van der Waals surface area contributed by atoms with Crippen molar-refractivity contribution in [2.45, 2.75) is 19.3 Å². The summed E-state index contributed by atoms with van der Waals surface area (Å²) in [7, 11) is 0. The first-order valence-electron chi connectivity index (χ1n) is 8.76. The smallest absolute Gasteiger partial charge is 0.246 e. The van der Waals surface area contributed by atoms with Crippen molar-refractivity contribution in [3.05, 3.63) is 41.1 Å². The van der Waals surface area contributed by atoms with Gasteiger partial charge in [-0.05, 0) is 42.0 Å². The first-order valence-corrected chi connectivity index (χ1v) is 8.76. The number of hydrogen-bond acceptors (Lipinski definition) is 4. The third kappa shape index (κ3) is 3.12. The number of nitrogens with zero attached hydrogens (tertiary/aromatic N) is 2. The minimum absolute atomic E-state index is 0.0170. The van der Waals surface area contributed by atoms with E-state index in [0.717, 1.165) is 11.1 Å². The van der Waals surface area contributed by atoms with Crippen molar-refractivity contribution < 1.29 is 14.4 Å². The number of nitrogens with two attached hydrogens (primary N) is 1. The van der Waals surface area contributed by atoms with Crippen LogP contribution in [0.1, 0.15) is 24.0 Å². The number of amides is 3. The summed E-state index contributed by atoms with van der Waals surface area (Å²) in [5.74, 6) is 0.714. The predicted octanol–water partition coefficient (Wildman–Crippen LogP) is 0.869. The monoisotopic (exact) mass is 352 g/mol. The lowest BCUT2D eigenvalue weighted by atomic mass is 10.00. The van der Waals surface area contributed by atoms with Gasteiger partial charge in [0, 0.05) is 43.3 Å². The lowest BCUT2D eigenvalue weighted by Gasteiger charge is -2.16. The van der Waals surface area contributed by atoms with E-state index in [1.54, 1.807) is 18.3 Å². The molecule has 0 spiro atoms. The topological polar surface area (TPSA) is 105 Å². The Labute approximate surface area is 150 Å². The second kappa shape index (κ2) is 6.40. The Hall–Kier alpha value is -2.96. The Bertz CT molecular complexity index is 858. The predicted molar refractivity (Wildman–Crippen MR) is 95.7 cm³/mol. The Kier molecular flexibility index (Phi) is 4.06. The standard InChI is InChI=1S/C19H20N4O3/c20-18(26)13-6-14-9-23(10-15(14)7-13)17(25)4-1-11-5-12-2-3-16(24)22-19(12)21-8-11/h1,4-6,8,14-15H,2-3,7,9-10H2,(H2,20,26)(H,21,22,24). The lowest BCUT2D eigenvalue weighted by molar-refractivity contribution is -0.125. The van der Waals surface area contributed by atoms with Crippen LogP contribution in [-0.4, -0.2) is 40.7 Å². The van der Waals surface area contributed by atoms with Gasteiger partial charge in [0.25, 0.3) is 0 Å². The fraction of sp³-hybridized carbons (Fsp3) is 0.368. The van der Waals surface area contributed by atoms with E-state index in [1.807, 2.05) is 17.0 Å². The Morgan fingerprint density at radius 3 is 2.92 bits per heavy atom. The van der Waals surface area contributed by atoms with E-state index in [4.69, 9.17) is 5.73 Å². The number of fused-ring (bicyclic) bond motifs is 2. The molecule has 1 saturated heterocycles. The summed E-state index contributed by atoms with van der Waals surface area (Å²) in [6.45, 7) is 1.27. The SMILES string of the molecule is NC(=O)C1=CC2CN(C(=O)C=Cc3cnc4c(c3)CCC(=O)N4)CC2C1. The summed E-state index contributed by atoms with van der Waals surface area (Å²) >= 11 is 0. The molecule has 2 unspecified atom stereocenters. The van der Waals surface area contributed by atoms with E-state index in [0.29, 0.717) is 49.7 Å². The maximum Gasteiger partial charge on any atom is 0.246 e. The number of hydrogen-bond donors (Lipinski definition) is 2. The minimum atomic E-state index is -0.353. The zero-order chi connectivity index (χ0) is 18.3. The number of likely N-dealkylation sites (tertiary alicyclic amines) is 1. The van der Waals surface area contributed by atoms with E-state index >= 15 is 0 Å². The number of carbonyl (C=O) groups excluding carboxylic acids is 3. The van der Waals surface area contributed by atoms with Crippen LogP contribution in [0.5, 0.6) is 0 Å². The lowest BCUT2D eigenvalue weighted by Crippen LogP contribution is -2.28. The molecule has 3 aliphatic rings. The average Bonchev–Trinajstić information content (AvgIpc) is 3.18. The molecule has 2 atom stereocenters. The molecule has 1 aromatic heterocycles. The number of nitrogens with one attached hydrogen (secondary N) is 1. The molecule has 0 aromatic carbocycles. The van der Waals surface area contributed by atoms with E-state index in [2.05, 4.69) is 10.3 Å². The number of pyridine rings is 1. The third-order valence-electron chi connectivity index (χ3n) is 5.30. The molecule has 134 valence electrons. The fourth-order valence-corrected chi connectivity index (χ4v) is 3.91. The Balaban J connectivity index is 1.40. The van der Waals surface area contributed by atoms with Crippen molar-refractivity contribution in [2.75, 3.05) is 18.4 Å². The summed E-state index contributed by atoms with van der Waals surface area (Å²) in [5.41, 5.74) is 7.85. The average molecular weight is 352 g/mol. The molecule has 1 aliphatic carbocycles. The van der Waals surface area contributed by atoms with E-state index in [-0.39, 0.29) is 23.6 Å². The largest absolute Gasteiger partial charge is 0.366 e. The quantitative estimate of drug-likeness (QED) is 0.787. The molecule has 2 aliphatic heterocycles. The third-order valence-corrected chi connectivity index (χ3v) is 5.30. The fourth-order valence-electron chi connectivity index (χ4n) is 3.91. The molecule has 26 heavy (non-hydrogen) atoms. The molecule has 3 N–H and O–H groups in total. The molecule has 4 rings (SSSR count). The van der Waals surface area contributed by atoms with Gasteiger partial charge < -0.3 is 16.0 Å². The molecule has 7 heteroatoms. The van der Waals surface area contributed by atoms with Crippen LogP contribution in [0.25, 0.3) is 6.08 Å². The zero-order valence-corrected chi connectivity index (χ0v) is 14.3. The van der Waals surface area contributed by atoms with Gasteiger partial charge in [-0.2, -0.15) is 0 Å². The van der Waals surface area contributed by atoms with E-state index < -0.39 is 0 Å². The second-order valence-corrected chi connectivity index (χ2v) is 7.09. The molecule has 1 aromatic rings. The second-order valence-electron chi connectivity index (χ2n) is 7.09. The number of anilines is 1. The minimum Gasteiger partial charge on any atom is -0.366 e. The highest BCUT2D eigenvalue weighted by atomic mass is 16.2. The van der Waals surface area contributed by atoms with Crippen molar-refractivity contribution in [1.29, 1.82) is 0 Å². The molecule has 0 bridgehead atoms. The molecular weight excluding hydrogens is 332 g/mol. The number of rotatable bonds is 3. The number of primary amides is 1. The first kappa shape index (κ1) is 16.5. The summed E-state index contributed by atoms with van der Waals surface area (Å²) in [5, 5.41) is 2.74. The van der Waals surface area contributed by atoms with Gasteiger partial charge in [0.05, 0.1) is 0 Å². The Morgan fingerprint density at radius 2 is 2.15 bits per heavy atom. The van der Waals surface area contributed by atoms with Gasteiger partial charge in [0.1, 0.15) is 5.82 Å². The van der Waals surface area contributed by atoms with E-state index in [9.17, 15) is 14.4 Å². The van der Waals surface area contributed by atoms with Crippen molar-refractivity contribution in [1.82, 2.24) is 9.88 Å². The van der Waals surface area contributed by atoms with Gasteiger partial charge in [0.15, 0.2) is 0 Å². The maximum absolute atomic E-state index is 12.4. The van der Waals surface area contributed by atoms with Crippen molar-refractivity contribution in [2.24, 2.45) is 17.6 Å². The molecule has 0 radical (unpaired) electrons. The van der Waals surface area contributed by atoms with Crippen LogP contribution in [0.2, 0.25) is 0 Å². The molecule has 7 nitrogen and oxygen atoms in total. The van der Waals surface area contributed by atoms with Gasteiger partial charge in [-0.3, -0.25) is 14.4 Å². The number of aromatic nitrogens is 1. The highest BCUT2D eigenvalue weighted by Gasteiger charge is 2.38. The van der Waals surface area contributed by atoms with E-state index in [1.165, 1.54) is 0 Å². The van der Waals surface area contributed by atoms with Crippen LogP contribution in [0.3, 0.4) is 0 Å². The van der Waals surface area contributed by atoms with Crippen LogP contribution in [0.15, 0.2) is 30.0 Å². The van der Waals surface area contributed by atoms with Crippen LogP contribution in [0, 0.1) is 11.8 Å². The van der Waals surface area contributed by atoms with Crippen LogP contribution < -0.4 is 11.1 Å². The number of aryl methyl sites for hydroxylation is 1. The zero-order valence-electron chi connectivity index (χ0n) is 14.3. The molecule has 3 amide bonds. The first-order chi connectivity index (χ1) is 12.5. The van der Waals surface area contributed by atoms with Gasteiger partial charge in [0.2, 0.25) is 17.7 Å². The number of carbonyl (C=O) groups is 3. The van der Waals surface area contributed by atoms with Crippen LogP contribution in [0.4, 0.5) is 5.82 Å². The summed E-state index contributed by atoms with van der Waals surface area (Å²) in [4.78, 5) is 41.1. The Morgan fingerprint density at radius 1 is 1.31 bits per heavy atom. The highest BCUT2D eigenvalue weighted by molar-refractivity contribution is 5.94. The normalized spacial score (nSPS) is 24.2. The summed E-state index contributed by atoms with van der Waals surface area (Å²) < 4.78 is 0. The summed E-state index contributed by atoms with van der Waals surface area (Å²) in [6.07, 6.45) is 8.66. The maximum atomic E-state index is 12.4. The molecule has 3 heterocycles. The van der Waals surface area contributed by atoms with Crippen molar-refractivity contribution in [3.63, 3.8) is 0 Å².